The highest BCUT2D eigenvalue weighted by molar-refractivity contribution is 6.46. The predicted molar refractivity (Wildman–Crippen MR) is 252 cm³/mol. The summed E-state index contributed by atoms with van der Waals surface area (Å²) in [7, 11) is 5.75. The van der Waals surface area contributed by atoms with Crippen molar-refractivity contribution in [1.82, 2.24) is 20.6 Å². The number of ether oxygens (including phenoxy) is 2. The molecule has 344 valence electrons. The zero-order valence-corrected chi connectivity index (χ0v) is 38.4. The molecule has 2 aromatic heterocycles. The Morgan fingerprint density at radius 2 is 0.985 bits per heavy atom. The molecule has 0 spiro atoms. The largest absolute Gasteiger partial charge is 0.472 e. The van der Waals surface area contributed by atoms with Crippen LogP contribution in [0.4, 0.5) is 0 Å². The van der Waals surface area contributed by atoms with Crippen LogP contribution in [0.2, 0.25) is 10.0 Å². The van der Waals surface area contributed by atoms with Crippen LogP contribution >= 0.6 is 23.2 Å². The number of aliphatic hydroxyl groups is 3. The summed E-state index contributed by atoms with van der Waals surface area (Å²) in [6.07, 6.45) is 3.41. The summed E-state index contributed by atoms with van der Waals surface area (Å²) < 4.78 is 11.7. The highest BCUT2D eigenvalue weighted by atomic mass is 35.5. The number of carbonyl (C=O) groups excluding carboxylic acids is 2. The van der Waals surface area contributed by atoms with Crippen molar-refractivity contribution < 1.29 is 44.1 Å². The number of carbonyl (C=O) groups is 2. The molecule has 0 aliphatic heterocycles. The van der Waals surface area contributed by atoms with Gasteiger partial charge in [0, 0.05) is 48.7 Å². The van der Waals surface area contributed by atoms with Gasteiger partial charge in [-0.1, -0.05) is 150 Å². The van der Waals surface area contributed by atoms with Gasteiger partial charge in [0.2, 0.25) is 11.8 Å². The highest BCUT2D eigenvalue weighted by Gasteiger charge is 2.33. The summed E-state index contributed by atoms with van der Waals surface area (Å²) in [5.74, 6) is -0.445. The van der Waals surface area contributed by atoms with E-state index in [1.165, 1.54) is 40.6 Å². The Bertz CT molecular complexity index is 2460. The molecule has 0 fully saturated rings. The van der Waals surface area contributed by atoms with Crippen molar-refractivity contribution in [3.05, 3.63) is 188 Å². The van der Waals surface area contributed by atoms with Crippen LogP contribution in [-0.2, 0) is 43.7 Å². The number of hydrogen-bond donors (Lipinski definition) is 5. The molecule has 4 aromatic carbocycles. The molecular weight excluding hydrogens is 887 g/mol. The van der Waals surface area contributed by atoms with Gasteiger partial charge in [-0.2, -0.15) is 0 Å². The van der Waals surface area contributed by atoms with Crippen LogP contribution < -0.4 is 20.1 Å². The summed E-state index contributed by atoms with van der Waals surface area (Å²) in [6, 6.07) is 35.6. The first-order valence-corrected chi connectivity index (χ1v) is 21.2. The fourth-order valence-electron chi connectivity index (χ4n) is 6.76. The van der Waals surface area contributed by atoms with Crippen molar-refractivity contribution in [2.45, 2.75) is 37.8 Å². The van der Waals surface area contributed by atoms with Crippen LogP contribution in [0.1, 0.15) is 57.9 Å². The maximum Gasteiger partial charge on any atom is 0.273 e. The van der Waals surface area contributed by atoms with Gasteiger partial charge < -0.3 is 45.1 Å². The van der Waals surface area contributed by atoms with Crippen LogP contribution in [0.5, 0.6) is 11.8 Å². The Balaban J connectivity index is 0.000000247. The molecule has 0 aliphatic carbocycles. The topological polar surface area (TPSA) is 206 Å². The minimum Gasteiger partial charge on any atom is -0.472 e. The third-order valence-corrected chi connectivity index (χ3v) is 10.9. The molecule has 6 aromatic rings. The highest BCUT2D eigenvalue weighted by Crippen LogP contribution is 2.36. The average molecular weight is 938 g/mol. The fraction of sp³-hybridized carbons (Fsp3) is 0.224. The molecule has 0 bridgehead atoms. The maximum absolute atomic E-state index is 12.2. The lowest BCUT2D eigenvalue weighted by atomic mass is 9.85. The number of halogens is 2. The van der Waals surface area contributed by atoms with Gasteiger partial charge in [-0.25, -0.2) is 9.97 Å². The van der Waals surface area contributed by atoms with Crippen molar-refractivity contribution in [3.8, 4) is 11.8 Å². The zero-order valence-electron chi connectivity index (χ0n) is 36.9. The van der Waals surface area contributed by atoms with Gasteiger partial charge in [0.15, 0.2) is 11.4 Å². The van der Waals surface area contributed by atoms with Crippen molar-refractivity contribution in [2.75, 3.05) is 34.9 Å². The monoisotopic (exact) mass is 936 g/mol. The molecule has 0 radical (unpaired) electrons. The lowest BCUT2D eigenvalue weighted by Crippen LogP contribution is -2.31. The third kappa shape index (κ3) is 11.9. The lowest BCUT2D eigenvalue weighted by Gasteiger charge is -2.28. The van der Waals surface area contributed by atoms with Gasteiger partial charge in [0.05, 0.1) is 6.61 Å². The Labute approximate surface area is 392 Å². The Kier molecular flexibility index (Phi) is 18.1. The summed E-state index contributed by atoms with van der Waals surface area (Å²) >= 11 is 12.8. The van der Waals surface area contributed by atoms with Crippen molar-refractivity contribution in [3.63, 3.8) is 0 Å². The predicted octanol–water partition coefficient (Wildman–Crippen LogP) is 6.70. The van der Waals surface area contributed by atoms with Gasteiger partial charge in [0.1, 0.15) is 48.7 Å². The summed E-state index contributed by atoms with van der Waals surface area (Å²) in [6.45, 7) is 1.49. The number of aromatic nitrogens is 2. The number of oxime groups is 2. The van der Waals surface area contributed by atoms with E-state index in [-0.39, 0.29) is 52.3 Å². The molecule has 2 unspecified atom stereocenters. The second-order valence-electron chi connectivity index (χ2n) is 14.3. The molecule has 0 saturated heterocycles. The molecule has 17 heteroatoms. The van der Waals surface area contributed by atoms with E-state index in [1.54, 1.807) is 72.9 Å². The minimum atomic E-state index is -1.66. The second-order valence-corrected chi connectivity index (χ2v) is 15.1. The number of amides is 2. The quantitative estimate of drug-likeness (QED) is 0.0453. The zero-order chi connectivity index (χ0) is 47.7. The van der Waals surface area contributed by atoms with Gasteiger partial charge in [-0.15, -0.1) is 0 Å². The molecule has 15 nitrogen and oxygen atoms in total. The minimum absolute atomic E-state index is 0.0465. The van der Waals surface area contributed by atoms with Gasteiger partial charge in [0.25, 0.3) is 11.8 Å². The smallest absolute Gasteiger partial charge is 0.273 e. The van der Waals surface area contributed by atoms with Crippen molar-refractivity contribution in [2.24, 2.45) is 10.3 Å². The number of nitrogens with zero attached hydrogens (tertiary/aromatic N) is 4. The third-order valence-electron chi connectivity index (χ3n) is 10.3. The number of aliphatic hydroxyl groups excluding tert-OH is 1. The van der Waals surface area contributed by atoms with Crippen molar-refractivity contribution >= 4 is 46.4 Å². The van der Waals surface area contributed by atoms with E-state index < -0.39 is 23.7 Å². The molecule has 2 atom stereocenters. The fourth-order valence-corrected chi connectivity index (χ4v) is 7.20. The molecule has 0 saturated carbocycles. The number of hydrogen-bond acceptors (Lipinski definition) is 13. The van der Waals surface area contributed by atoms with Crippen LogP contribution in [0, 0.1) is 0 Å². The second kappa shape index (κ2) is 23.9. The number of rotatable bonds is 18. The molecular formula is C49H50Cl2N6O9. The van der Waals surface area contributed by atoms with E-state index in [2.05, 4.69) is 30.9 Å². The van der Waals surface area contributed by atoms with Gasteiger partial charge >= 0.3 is 0 Å². The number of benzene rings is 4. The first-order chi connectivity index (χ1) is 31.9. The Morgan fingerprint density at radius 3 is 1.35 bits per heavy atom. The van der Waals surface area contributed by atoms with E-state index >= 15 is 0 Å². The standard InChI is InChI=1S/C25H26ClN3O4.C24H24ClN3O5/c1-4-25(31,18-11-6-5-7-12-18)19-14-21(26)24(28-15-19)33-16-17-10-8-9-13-20(17)22(29-32-3)23(30)27-2;1-26-22(30)21(28-32-2)19-11-7-6-8-16(19)14-33-23-20(25)12-18(13-27-23)24(31,15-29)17-9-4-3-5-10-17/h5-15,31H,4,16H2,1-3H3,(H,27,30);3-13,29,31H,14-15H2,1-2H3,(H,26,30)/b29-22-;28-21-. The van der Waals surface area contributed by atoms with E-state index in [0.717, 1.165) is 5.56 Å². The number of nitrogens with one attached hydrogen (secondary N) is 2. The maximum atomic E-state index is 12.2. The first-order valence-electron chi connectivity index (χ1n) is 20.5. The van der Waals surface area contributed by atoms with Crippen molar-refractivity contribution in [1.29, 1.82) is 0 Å². The van der Waals surface area contributed by atoms with Crippen LogP contribution in [0.3, 0.4) is 0 Å². The van der Waals surface area contributed by atoms with E-state index in [4.69, 9.17) is 42.4 Å². The summed E-state index contributed by atoms with van der Waals surface area (Å²) in [5, 5.41) is 45.4. The van der Waals surface area contributed by atoms with E-state index in [1.807, 2.05) is 55.5 Å². The lowest BCUT2D eigenvalue weighted by molar-refractivity contribution is -0.115. The van der Waals surface area contributed by atoms with Gasteiger partial charge in [-0.3, -0.25) is 9.59 Å². The van der Waals surface area contributed by atoms with E-state index in [9.17, 15) is 24.9 Å². The summed E-state index contributed by atoms with van der Waals surface area (Å²) in [5.41, 5.74) is 1.97. The molecule has 2 amide bonds. The molecule has 6 rings (SSSR count). The Hall–Kier alpha value is -6.88. The van der Waals surface area contributed by atoms with Gasteiger partial charge in [-0.05, 0) is 40.8 Å². The van der Waals surface area contributed by atoms with Crippen LogP contribution in [0.15, 0.2) is 144 Å². The summed E-state index contributed by atoms with van der Waals surface area (Å²) in [4.78, 5) is 42.7. The van der Waals surface area contributed by atoms with Crippen LogP contribution in [0.25, 0.3) is 0 Å². The molecule has 2 heterocycles. The number of pyridine rings is 2. The van der Waals surface area contributed by atoms with E-state index in [0.29, 0.717) is 45.4 Å². The Morgan fingerprint density at radius 1 is 0.606 bits per heavy atom. The van der Waals surface area contributed by atoms with Crippen LogP contribution in [-0.4, -0.2) is 83.4 Å². The SMILES string of the molecule is CCC(O)(c1ccccc1)c1cnc(OCc2ccccc2/C(=N/OC)C(=O)NC)c(Cl)c1.CNC(=O)/C(=N\OC)c1ccccc1COc1ncc(C(O)(CO)c2ccccc2)cc1Cl. The normalized spacial score (nSPS) is 13.2. The molecule has 5 N–H and O–H groups in total. The molecule has 0 aliphatic rings. The molecule has 66 heavy (non-hydrogen) atoms. The number of likely N-dealkylation sites (N-methyl/N-ethyl adjacent to an activating group) is 2. The first kappa shape index (κ1) is 50.1. The average Bonchev–Trinajstić information content (AvgIpc) is 3.36.